The maximum absolute atomic E-state index is 12.1. The summed E-state index contributed by atoms with van der Waals surface area (Å²) < 4.78 is 5.10. The molecular weight excluding hydrogens is 318 g/mol. The van der Waals surface area contributed by atoms with Gasteiger partial charge in [0.1, 0.15) is 5.75 Å². The van der Waals surface area contributed by atoms with E-state index in [4.69, 9.17) is 4.74 Å². The fourth-order valence-electron chi connectivity index (χ4n) is 2.42. The second-order valence-electron chi connectivity index (χ2n) is 5.55. The summed E-state index contributed by atoms with van der Waals surface area (Å²) in [6, 6.07) is 12.4. The van der Waals surface area contributed by atoms with Crippen LogP contribution in [0.1, 0.15) is 18.1 Å². The molecule has 25 heavy (non-hydrogen) atoms. The molecule has 0 heterocycles. The van der Waals surface area contributed by atoms with Crippen LogP contribution in [0, 0.1) is 6.92 Å². The van der Waals surface area contributed by atoms with E-state index in [0.717, 1.165) is 23.2 Å². The van der Waals surface area contributed by atoms with Crippen LogP contribution in [0.15, 0.2) is 42.5 Å². The smallest absolute Gasteiger partial charge is 0.319 e. The highest BCUT2D eigenvalue weighted by Gasteiger charge is 2.10. The number of urea groups is 1. The second-order valence-corrected chi connectivity index (χ2v) is 5.55. The number of carbonyl (C=O) groups excluding carboxylic acids is 2. The number of nitrogens with one attached hydrogen (secondary N) is 3. The second kappa shape index (κ2) is 8.73. The van der Waals surface area contributed by atoms with Gasteiger partial charge in [-0.05, 0) is 36.6 Å². The summed E-state index contributed by atoms with van der Waals surface area (Å²) in [7, 11) is 1.56. The van der Waals surface area contributed by atoms with Gasteiger partial charge < -0.3 is 20.7 Å². The van der Waals surface area contributed by atoms with E-state index >= 15 is 0 Å². The van der Waals surface area contributed by atoms with E-state index in [-0.39, 0.29) is 12.5 Å². The molecule has 2 aromatic rings. The van der Waals surface area contributed by atoms with Crippen LogP contribution in [0.2, 0.25) is 0 Å². The van der Waals surface area contributed by atoms with Crippen molar-refractivity contribution in [3.8, 4) is 5.75 Å². The van der Waals surface area contributed by atoms with Crippen LogP contribution >= 0.6 is 0 Å². The highest BCUT2D eigenvalue weighted by molar-refractivity contribution is 5.97. The van der Waals surface area contributed by atoms with E-state index < -0.39 is 6.03 Å². The Hall–Kier alpha value is -3.02. The van der Waals surface area contributed by atoms with Crippen LogP contribution in [0.5, 0.6) is 5.75 Å². The molecule has 0 radical (unpaired) electrons. The zero-order chi connectivity index (χ0) is 18.2. The van der Waals surface area contributed by atoms with Gasteiger partial charge >= 0.3 is 6.03 Å². The minimum atomic E-state index is -0.455. The molecule has 0 aliphatic heterocycles. The first-order valence-corrected chi connectivity index (χ1v) is 8.10. The third-order valence-corrected chi connectivity index (χ3v) is 3.74. The number of hydrogen-bond donors (Lipinski definition) is 3. The van der Waals surface area contributed by atoms with Crippen molar-refractivity contribution in [2.45, 2.75) is 20.3 Å². The van der Waals surface area contributed by atoms with Crippen molar-refractivity contribution in [2.24, 2.45) is 0 Å². The standard InChI is InChI=1S/C19H23N3O3/c1-4-14-8-5-7-13(2)18(14)22-17(23)12-20-19(24)21-15-9-6-10-16(11-15)25-3/h5-11H,4,12H2,1-3H3,(H,22,23)(H2,20,21,24). The van der Waals surface area contributed by atoms with Gasteiger partial charge in [-0.1, -0.05) is 31.2 Å². The molecule has 3 N–H and O–H groups in total. The molecule has 0 spiro atoms. The normalized spacial score (nSPS) is 10.0. The number of benzene rings is 2. The van der Waals surface area contributed by atoms with Crippen molar-refractivity contribution in [3.05, 3.63) is 53.6 Å². The lowest BCUT2D eigenvalue weighted by Crippen LogP contribution is -2.36. The third-order valence-electron chi connectivity index (χ3n) is 3.74. The lowest BCUT2D eigenvalue weighted by molar-refractivity contribution is -0.115. The molecule has 0 atom stereocenters. The quantitative estimate of drug-likeness (QED) is 0.754. The van der Waals surface area contributed by atoms with E-state index in [0.29, 0.717) is 11.4 Å². The number of hydrogen-bond acceptors (Lipinski definition) is 3. The molecule has 0 bridgehead atoms. The Morgan fingerprint density at radius 3 is 2.56 bits per heavy atom. The summed E-state index contributed by atoms with van der Waals surface area (Å²) in [6.45, 7) is 3.86. The van der Waals surface area contributed by atoms with Gasteiger partial charge in [-0.3, -0.25) is 4.79 Å². The van der Waals surface area contributed by atoms with Gasteiger partial charge in [0.15, 0.2) is 0 Å². The molecule has 2 aromatic carbocycles. The predicted octanol–water partition coefficient (Wildman–Crippen LogP) is 3.33. The van der Waals surface area contributed by atoms with Crippen LogP contribution < -0.4 is 20.7 Å². The van der Waals surface area contributed by atoms with Crippen LogP contribution in [0.4, 0.5) is 16.2 Å². The van der Waals surface area contributed by atoms with E-state index in [9.17, 15) is 9.59 Å². The molecular formula is C19H23N3O3. The SMILES string of the molecule is CCc1cccc(C)c1NC(=O)CNC(=O)Nc1cccc(OC)c1. The van der Waals surface area contributed by atoms with Crippen molar-refractivity contribution in [1.82, 2.24) is 5.32 Å². The fourth-order valence-corrected chi connectivity index (χ4v) is 2.42. The number of amides is 3. The van der Waals surface area contributed by atoms with Crippen molar-refractivity contribution < 1.29 is 14.3 Å². The number of rotatable bonds is 6. The Morgan fingerprint density at radius 1 is 1.08 bits per heavy atom. The Balaban J connectivity index is 1.88. The fraction of sp³-hybridized carbons (Fsp3) is 0.263. The van der Waals surface area contributed by atoms with Crippen molar-refractivity contribution in [3.63, 3.8) is 0 Å². The van der Waals surface area contributed by atoms with E-state index in [2.05, 4.69) is 16.0 Å². The summed E-state index contributed by atoms with van der Waals surface area (Å²) in [5.74, 6) is 0.368. The van der Waals surface area contributed by atoms with E-state index in [1.165, 1.54) is 0 Å². The molecule has 6 heteroatoms. The molecule has 0 saturated carbocycles. The number of methoxy groups -OCH3 is 1. The van der Waals surface area contributed by atoms with Gasteiger partial charge in [-0.25, -0.2) is 4.79 Å². The molecule has 0 aliphatic rings. The Kier molecular flexibility index (Phi) is 6.39. The number of ether oxygens (including phenoxy) is 1. The predicted molar refractivity (Wildman–Crippen MR) is 99.2 cm³/mol. The molecule has 0 aromatic heterocycles. The highest BCUT2D eigenvalue weighted by Crippen LogP contribution is 2.20. The summed E-state index contributed by atoms with van der Waals surface area (Å²) in [6.07, 6.45) is 0.820. The first-order valence-electron chi connectivity index (χ1n) is 8.10. The van der Waals surface area contributed by atoms with Gasteiger partial charge in [0.25, 0.3) is 0 Å². The summed E-state index contributed by atoms with van der Waals surface area (Å²) in [5.41, 5.74) is 3.46. The molecule has 0 aliphatic carbocycles. The van der Waals surface area contributed by atoms with E-state index in [1.54, 1.807) is 31.4 Å². The first-order chi connectivity index (χ1) is 12.0. The molecule has 2 rings (SSSR count). The van der Waals surface area contributed by atoms with E-state index in [1.807, 2.05) is 32.0 Å². The van der Waals surface area contributed by atoms with Gasteiger partial charge in [-0.2, -0.15) is 0 Å². The third kappa shape index (κ3) is 5.24. The molecule has 0 unspecified atom stereocenters. The lowest BCUT2D eigenvalue weighted by atomic mass is 10.1. The molecule has 3 amide bonds. The average molecular weight is 341 g/mol. The summed E-state index contributed by atoms with van der Waals surface area (Å²) in [5, 5.41) is 8.07. The summed E-state index contributed by atoms with van der Waals surface area (Å²) >= 11 is 0. The van der Waals surface area contributed by atoms with Gasteiger partial charge in [0.2, 0.25) is 5.91 Å². The Bertz CT molecular complexity index is 759. The number of para-hydroxylation sites is 1. The zero-order valence-electron chi connectivity index (χ0n) is 14.7. The number of anilines is 2. The summed E-state index contributed by atoms with van der Waals surface area (Å²) in [4.78, 5) is 24.0. The minimum Gasteiger partial charge on any atom is -0.497 e. The van der Waals surface area contributed by atoms with Crippen LogP contribution in [0.3, 0.4) is 0 Å². The minimum absolute atomic E-state index is 0.118. The highest BCUT2D eigenvalue weighted by atomic mass is 16.5. The van der Waals surface area contributed by atoms with Gasteiger partial charge in [0.05, 0.1) is 13.7 Å². The number of aryl methyl sites for hydroxylation is 2. The van der Waals surface area contributed by atoms with Gasteiger partial charge in [0, 0.05) is 17.4 Å². The molecule has 0 saturated heterocycles. The Labute approximate surface area is 147 Å². The first kappa shape index (κ1) is 18.3. The lowest BCUT2D eigenvalue weighted by Gasteiger charge is -2.13. The maximum Gasteiger partial charge on any atom is 0.319 e. The van der Waals surface area contributed by atoms with Crippen molar-refractivity contribution in [2.75, 3.05) is 24.3 Å². The zero-order valence-corrected chi connectivity index (χ0v) is 14.7. The molecule has 6 nitrogen and oxygen atoms in total. The van der Waals surface area contributed by atoms with Crippen molar-refractivity contribution in [1.29, 1.82) is 0 Å². The van der Waals surface area contributed by atoms with Crippen LogP contribution in [0.25, 0.3) is 0 Å². The molecule has 132 valence electrons. The maximum atomic E-state index is 12.1. The number of carbonyl (C=O) groups is 2. The Morgan fingerprint density at radius 2 is 1.84 bits per heavy atom. The molecule has 0 fully saturated rings. The van der Waals surface area contributed by atoms with Crippen LogP contribution in [-0.2, 0) is 11.2 Å². The van der Waals surface area contributed by atoms with Crippen LogP contribution in [-0.4, -0.2) is 25.6 Å². The monoisotopic (exact) mass is 341 g/mol. The average Bonchev–Trinajstić information content (AvgIpc) is 2.62. The largest absolute Gasteiger partial charge is 0.497 e. The van der Waals surface area contributed by atoms with Gasteiger partial charge in [-0.15, -0.1) is 0 Å². The topological polar surface area (TPSA) is 79.5 Å². The van der Waals surface area contributed by atoms with Crippen molar-refractivity contribution >= 4 is 23.3 Å².